The maximum Gasteiger partial charge on any atom is 0.387 e. The third kappa shape index (κ3) is 5.65. The molecule has 5 nitrogen and oxygen atoms in total. The predicted molar refractivity (Wildman–Crippen MR) is 109 cm³/mol. The van der Waals surface area contributed by atoms with Crippen LogP contribution in [0, 0.1) is 0 Å². The van der Waals surface area contributed by atoms with Crippen molar-refractivity contribution in [2.45, 2.75) is 13.2 Å². The average molecular weight is 400 g/mol. The molecule has 1 N–H and O–H groups in total. The van der Waals surface area contributed by atoms with Crippen LogP contribution in [-0.4, -0.2) is 38.1 Å². The maximum atomic E-state index is 12.5. The summed E-state index contributed by atoms with van der Waals surface area (Å²) in [7, 11) is 3.45. The van der Waals surface area contributed by atoms with Gasteiger partial charge in [0.1, 0.15) is 11.5 Å². The van der Waals surface area contributed by atoms with E-state index < -0.39 is 6.61 Å². The van der Waals surface area contributed by atoms with Crippen LogP contribution in [0.1, 0.15) is 5.56 Å². The Bertz CT molecular complexity index is 995. The van der Waals surface area contributed by atoms with E-state index in [9.17, 15) is 13.6 Å². The summed E-state index contributed by atoms with van der Waals surface area (Å²) >= 11 is 0. The van der Waals surface area contributed by atoms with Gasteiger partial charge in [0.05, 0.1) is 19.3 Å². The lowest BCUT2D eigenvalue weighted by atomic mass is 10.1. The van der Waals surface area contributed by atoms with E-state index in [-0.39, 0.29) is 23.9 Å². The number of anilines is 1. The summed E-state index contributed by atoms with van der Waals surface area (Å²) in [5.41, 5.74) is 1.27. The van der Waals surface area contributed by atoms with Crippen LogP contribution in [0.2, 0.25) is 0 Å². The van der Waals surface area contributed by atoms with Gasteiger partial charge in [-0.1, -0.05) is 30.3 Å². The van der Waals surface area contributed by atoms with Crippen LogP contribution in [0.25, 0.3) is 10.8 Å². The van der Waals surface area contributed by atoms with E-state index in [1.165, 1.54) is 12.1 Å². The molecule has 3 aromatic carbocycles. The fourth-order valence-electron chi connectivity index (χ4n) is 3.07. The molecule has 0 fully saturated rings. The summed E-state index contributed by atoms with van der Waals surface area (Å²) in [4.78, 5) is 14.2. The number of rotatable bonds is 8. The molecule has 0 aromatic heterocycles. The lowest BCUT2D eigenvalue weighted by Gasteiger charge is -2.18. The summed E-state index contributed by atoms with van der Waals surface area (Å²) in [6, 6.07) is 18.1. The molecule has 3 aromatic rings. The van der Waals surface area contributed by atoms with Crippen molar-refractivity contribution in [1.29, 1.82) is 0 Å². The molecule has 0 aliphatic rings. The van der Waals surface area contributed by atoms with Crippen LogP contribution < -0.4 is 14.8 Å². The van der Waals surface area contributed by atoms with Crippen molar-refractivity contribution in [1.82, 2.24) is 4.90 Å². The Morgan fingerprint density at radius 2 is 1.79 bits per heavy atom. The van der Waals surface area contributed by atoms with Crippen LogP contribution in [0.4, 0.5) is 14.5 Å². The lowest BCUT2D eigenvalue weighted by Crippen LogP contribution is -2.30. The topological polar surface area (TPSA) is 50.8 Å². The van der Waals surface area contributed by atoms with E-state index in [0.717, 1.165) is 22.1 Å². The van der Waals surface area contributed by atoms with Gasteiger partial charge < -0.3 is 14.8 Å². The molecule has 0 spiro atoms. The Balaban J connectivity index is 1.61. The molecule has 152 valence electrons. The highest BCUT2D eigenvalue weighted by atomic mass is 19.3. The second-order valence-electron chi connectivity index (χ2n) is 6.64. The van der Waals surface area contributed by atoms with Crippen molar-refractivity contribution in [2.75, 3.05) is 26.0 Å². The van der Waals surface area contributed by atoms with Gasteiger partial charge in [0.25, 0.3) is 0 Å². The first-order valence-electron chi connectivity index (χ1n) is 9.03. The fraction of sp³-hybridized carbons (Fsp3) is 0.227. The summed E-state index contributed by atoms with van der Waals surface area (Å²) in [5, 5.41) is 4.78. The average Bonchev–Trinajstić information content (AvgIpc) is 2.68. The van der Waals surface area contributed by atoms with E-state index in [4.69, 9.17) is 4.74 Å². The van der Waals surface area contributed by atoms with Crippen LogP contribution in [0.5, 0.6) is 11.5 Å². The summed E-state index contributed by atoms with van der Waals surface area (Å²) < 4.78 is 34.7. The molecule has 3 rings (SSSR count). The van der Waals surface area contributed by atoms with Crippen LogP contribution in [0.15, 0.2) is 60.7 Å². The van der Waals surface area contributed by atoms with Crippen molar-refractivity contribution in [2.24, 2.45) is 0 Å². The standard InChI is InChI=1S/C22H22F2N2O3/c1-26(13-15-7-8-17-12-18(28-2)10-9-16(17)11-15)14-21(27)25-19-5-3-4-6-20(19)29-22(23)24/h3-12,22H,13-14H2,1-2H3,(H,25,27). The van der Waals surface area contributed by atoms with E-state index in [2.05, 4.69) is 16.1 Å². The Kier molecular flexibility index (Phi) is 6.61. The number of amides is 1. The normalized spacial score (nSPS) is 11.1. The predicted octanol–water partition coefficient (Wildman–Crippen LogP) is 4.52. The molecule has 0 unspecified atom stereocenters. The molecule has 0 atom stereocenters. The van der Waals surface area contributed by atoms with E-state index in [1.54, 1.807) is 19.2 Å². The Morgan fingerprint density at radius 3 is 2.55 bits per heavy atom. The van der Waals surface area contributed by atoms with E-state index in [0.29, 0.717) is 6.54 Å². The highest BCUT2D eigenvalue weighted by Gasteiger charge is 2.13. The number of methoxy groups -OCH3 is 1. The number of para-hydroxylation sites is 2. The molecule has 0 heterocycles. The number of carbonyl (C=O) groups is 1. The number of alkyl halides is 2. The van der Waals surface area contributed by atoms with Crippen molar-refractivity contribution in [3.63, 3.8) is 0 Å². The molecular formula is C22H22F2N2O3. The van der Waals surface area contributed by atoms with Crippen molar-refractivity contribution < 1.29 is 23.0 Å². The summed E-state index contributed by atoms with van der Waals surface area (Å²) in [6.07, 6.45) is 0. The first-order valence-corrected chi connectivity index (χ1v) is 9.03. The number of ether oxygens (including phenoxy) is 2. The summed E-state index contributed by atoms with van der Waals surface area (Å²) in [6.45, 7) is -2.29. The van der Waals surface area contributed by atoms with Gasteiger partial charge in [-0.15, -0.1) is 0 Å². The molecule has 1 amide bonds. The zero-order valence-corrected chi connectivity index (χ0v) is 16.2. The third-order valence-electron chi connectivity index (χ3n) is 4.36. The smallest absolute Gasteiger partial charge is 0.387 e. The zero-order chi connectivity index (χ0) is 20.8. The quantitative estimate of drug-likeness (QED) is 0.604. The molecule has 0 saturated carbocycles. The van der Waals surface area contributed by atoms with Gasteiger partial charge in [0, 0.05) is 6.54 Å². The first-order chi connectivity index (χ1) is 13.9. The Morgan fingerprint density at radius 1 is 1.07 bits per heavy atom. The summed E-state index contributed by atoms with van der Waals surface area (Å²) in [5.74, 6) is 0.418. The molecule has 29 heavy (non-hydrogen) atoms. The lowest BCUT2D eigenvalue weighted by molar-refractivity contribution is -0.117. The zero-order valence-electron chi connectivity index (χ0n) is 16.2. The number of likely N-dealkylation sites (N-methyl/N-ethyl adjacent to an activating group) is 1. The molecule has 0 bridgehead atoms. The van der Waals surface area contributed by atoms with Gasteiger partial charge in [0.2, 0.25) is 5.91 Å². The Hall–Kier alpha value is -3.19. The van der Waals surface area contributed by atoms with Crippen molar-refractivity contribution in [3.05, 3.63) is 66.2 Å². The fourth-order valence-corrected chi connectivity index (χ4v) is 3.07. The number of benzene rings is 3. The van der Waals surface area contributed by atoms with Crippen LogP contribution in [-0.2, 0) is 11.3 Å². The van der Waals surface area contributed by atoms with E-state index in [1.807, 2.05) is 42.3 Å². The van der Waals surface area contributed by atoms with Gasteiger partial charge in [-0.2, -0.15) is 8.78 Å². The van der Waals surface area contributed by atoms with Gasteiger partial charge in [-0.25, -0.2) is 0 Å². The number of carbonyl (C=O) groups excluding carboxylic acids is 1. The Labute approximate surface area is 167 Å². The largest absolute Gasteiger partial charge is 0.497 e. The van der Waals surface area contributed by atoms with Crippen molar-refractivity contribution >= 4 is 22.4 Å². The van der Waals surface area contributed by atoms with Crippen molar-refractivity contribution in [3.8, 4) is 11.5 Å². The number of nitrogens with one attached hydrogen (secondary N) is 1. The number of hydrogen-bond acceptors (Lipinski definition) is 4. The molecular weight excluding hydrogens is 378 g/mol. The number of halogens is 2. The highest BCUT2D eigenvalue weighted by molar-refractivity contribution is 5.93. The second kappa shape index (κ2) is 9.34. The monoisotopic (exact) mass is 400 g/mol. The van der Waals surface area contributed by atoms with Crippen LogP contribution in [0.3, 0.4) is 0 Å². The number of fused-ring (bicyclic) bond motifs is 1. The first kappa shape index (κ1) is 20.5. The van der Waals surface area contributed by atoms with Gasteiger partial charge in [-0.3, -0.25) is 9.69 Å². The number of nitrogens with zero attached hydrogens (tertiary/aromatic N) is 1. The minimum absolute atomic E-state index is 0.0662. The molecule has 0 saturated heterocycles. The van der Waals surface area contributed by atoms with Gasteiger partial charge in [-0.05, 0) is 53.7 Å². The highest BCUT2D eigenvalue weighted by Crippen LogP contribution is 2.25. The maximum absolute atomic E-state index is 12.5. The number of hydrogen-bond donors (Lipinski definition) is 1. The molecule has 7 heteroatoms. The minimum atomic E-state index is -2.96. The minimum Gasteiger partial charge on any atom is -0.497 e. The third-order valence-corrected chi connectivity index (χ3v) is 4.36. The second-order valence-corrected chi connectivity index (χ2v) is 6.64. The van der Waals surface area contributed by atoms with E-state index >= 15 is 0 Å². The molecule has 0 aliphatic heterocycles. The van der Waals surface area contributed by atoms with Gasteiger partial charge >= 0.3 is 6.61 Å². The SMILES string of the molecule is COc1ccc2cc(CN(C)CC(=O)Nc3ccccc3OC(F)F)ccc2c1. The van der Waals surface area contributed by atoms with Crippen LogP contribution >= 0.6 is 0 Å². The van der Waals surface area contributed by atoms with Gasteiger partial charge in [0.15, 0.2) is 0 Å². The molecule has 0 aliphatic carbocycles. The molecule has 0 radical (unpaired) electrons.